The third kappa shape index (κ3) is 3.58. The highest BCUT2D eigenvalue weighted by atomic mass is 19.1. The molecule has 1 atom stereocenters. The molecule has 138 valence electrons. The van der Waals surface area contributed by atoms with Crippen molar-refractivity contribution in [3.63, 3.8) is 0 Å². The molecule has 0 spiro atoms. The Hall–Kier alpha value is -2.72. The average molecular weight is 362 g/mol. The van der Waals surface area contributed by atoms with Crippen molar-refractivity contribution in [3.8, 4) is 11.1 Å². The number of benzene rings is 3. The summed E-state index contributed by atoms with van der Waals surface area (Å²) in [4.78, 5) is 14.9. The van der Waals surface area contributed by atoms with Gasteiger partial charge in [-0.1, -0.05) is 36.4 Å². The molecular formula is C23H23FN2O. The molecule has 4 heteroatoms. The number of halogens is 1. The highest BCUT2D eigenvalue weighted by Crippen LogP contribution is 2.29. The van der Waals surface area contributed by atoms with E-state index in [0.29, 0.717) is 11.5 Å². The predicted molar refractivity (Wildman–Crippen MR) is 107 cm³/mol. The standard InChI is InChI=1S/C23H23FN2O/c1-15(19-13-26(2)14-19)25-23(27)18-8-11-22-17(12-18)4-3-5-21(22)16-6-9-20(24)10-7-16/h3-12,15,19H,13-14H2,1-2H3,(H,25,27)/t15-/m1/s1. The monoisotopic (exact) mass is 362 g/mol. The van der Waals surface area contributed by atoms with Gasteiger partial charge in [0.15, 0.2) is 0 Å². The van der Waals surface area contributed by atoms with Crippen LogP contribution in [0.2, 0.25) is 0 Å². The van der Waals surface area contributed by atoms with Crippen molar-refractivity contribution in [3.05, 3.63) is 72.0 Å². The van der Waals surface area contributed by atoms with Crippen LogP contribution in [0.3, 0.4) is 0 Å². The normalized spacial score (nSPS) is 16.1. The first-order valence-electron chi connectivity index (χ1n) is 9.29. The number of likely N-dealkylation sites (tertiary alicyclic amines) is 1. The summed E-state index contributed by atoms with van der Waals surface area (Å²) in [6, 6.07) is 18.4. The van der Waals surface area contributed by atoms with Crippen molar-refractivity contribution in [2.24, 2.45) is 5.92 Å². The van der Waals surface area contributed by atoms with E-state index in [-0.39, 0.29) is 17.8 Å². The summed E-state index contributed by atoms with van der Waals surface area (Å²) >= 11 is 0. The van der Waals surface area contributed by atoms with Crippen LogP contribution in [0, 0.1) is 11.7 Å². The van der Waals surface area contributed by atoms with E-state index in [9.17, 15) is 9.18 Å². The molecule has 1 aliphatic heterocycles. The number of hydrogen-bond donors (Lipinski definition) is 1. The van der Waals surface area contributed by atoms with Crippen LogP contribution >= 0.6 is 0 Å². The lowest BCUT2D eigenvalue weighted by Crippen LogP contribution is -2.53. The minimum Gasteiger partial charge on any atom is -0.349 e. The Bertz CT molecular complexity index is 977. The first-order chi connectivity index (χ1) is 13.0. The second-order valence-electron chi connectivity index (χ2n) is 7.49. The molecule has 1 amide bonds. The van der Waals surface area contributed by atoms with Gasteiger partial charge in [-0.25, -0.2) is 4.39 Å². The molecule has 1 heterocycles. The SMILES string of the molecule is C[C@@H](NC(=O)c1ccc2c(-c3ccc(F)cc3)cccc2c1)C1CN(C)C1. The summed E-state index contributed by atoms with van der Waals surface area (Å²) in [6.07, 6.45) is 0. The topological polar surface area (TPSA) is 32.3 Å². The molecule has 0 bridgehead atoms. The third-order valence-electron chi connectivity index (χ3n) is 5.46. The van der Waals surface area contributed by atoms with Gasteiger partial charge in [0, 0.05) is 30.6 Å². The molecule has 3 aromatic carbocycles. The molecule has 0 aromatic heterocycles. The fourth-order valence-corrected chi connectivity index (χ4v) is 3.78. The van der Waals surface area contributed by atoms with Gasteiger partial charge in [-0.05, 0) is 60.1 Å². The van der Waals surface area contributed by atoms with Gasteiger partial charge in [0.1, 0.15) is 5.82 Å². The minimum absolute atomic E-state index is 0.0360. The summed E-state index contributed by atoms with van der Waals surface area (Å²) < 4.78 is 13.2. The molecule has 1 saturated heterocycles. The molecule has 1 N–H and O–H groups in total. The fourth-order valence-electron chi connectivity index (χ4n) is 3.78. The molecule has 3 nitrogen and oxygen atoms in total. The summed E-state index contributed by atoms with van der Waals surface area (Å²) in [6.45, 7) is 4.13. The Morgan fingerprint density at radius 1 is 1.11 bits per heavy atom. The Morgan fingerprint density at radius 3 is 2.56 bits per heavy atom. The largest absolute Gasteiger partial charge is 0.349 e. The van der Waals surface area contributed by atoms with Crippen LogP contribution in [-0.2, 0) is 0 Å². The van der Waals surface area contributed by atoms with Gasteiger partial charge in [-0.3, -0.25) is 4.79 Å². The van der Waals surface area contributed by atoms with E-state index in [0.717, 1.165) is 35.0 Å². The number of nitrogens with one attached hydrogen (secondary N) is 1. The quantitative estimate of drug-likeness (QED) is 0.749. The summed E-state index contributed by atoms with van der Waals surface area (Å²) in [7, 11) is 2.09. The summed E-state index contributed by atoms with van der Waals surface area (Å²) in [5, 5.41) is 5.18. The first kappa shape index (κ1) is 17.7. The van der Waals surface area contributed by atoms with Gasteiger partial charge < -0.3 is 10.2 Å². The van der Waals surface area contributed by atoms with Crippen LogP contribution in [0.5, 0.6) is 0 Å². The number of fused-ring (bicyclic) bond motifs is 1. The van der Waals surface area contributed by atoms with E-state index in [1.54, 1.807) is 12.1 Å². The zero-order chi connectivity index (χ0) is 19.0. The smallest absolute Gasteiger partial charge is 0.251 e. The number of hydrogen-bond acceptors (Lipinski definition) is 2. The maximum absolute atomic E-state index is 13.2. The zero-order valence-electron chi connectivity index (χ0n) is 15.6. The van der Waals surface area contributed by atoms with Gasteiger partial charge in [0.2, 0.25) is 0 Å². The molecule has 1 fully saturated rings. The Kier molecular flexibility index (Phi) is 4.66. The average Bonchev–Trinajstić information content (AvgIpc) is 2.65. The van der Waals surface area contributed by atoms with Gasteiger partial charge in [0.25, 0.3) is 5.91 Å². The number of nitrogens with zero attached hydrogens (tertiary/aromatic N) is 1. The Morgan fingerprint density at radius 2 is 1.85 bits per heavy atom. The summed E-state index contributed by atoms with van der Waals surface area (Å²) in [5.41, 5.74) is 2.66. The van der Waals surface area contributed by atoms with E-state index in [1.807, 2.05) is 36.4 Å². The van der Waals surface area contributed by atoms with Crippen molar-refractivity contribution in [1.29, 1.82) is 0 Å². The van der Waals surface area contributed by atoms with E-state index in [2.05, 4.69) is 24.2 Å². The molecule has 1 aliphatic rings. The second-order valence-corrected chi connectivity index (χ2v) is 7.49. The number of carbonyl (C=O) groups is 1. The van der Waals surface area contributed by atoms with Crippen LogP contribution in [0.15, 0.2) is 60.7 Å². The Labute approximate surface area is 158 Å². The lowest BCUT2D eigenvalue weighted by atomic mass is 9.93. The molecule has 0 saturated carbocycles. The molecule has 0 aliphatic carbocycles. The van der Waals surface area contributed by atoms with Crippen molar-refractivity contribution in [2.75, 3.05) is 20.1 Å². The molecule has 27 heavy (non-hydrogen) atoms. The van der Waals surface area contributed by atoms with Crippen LogP contribution in [0.4, 0.5) is 4.39 Å². The van der Waals surface area contributed by atoms with Crippen molar-refractivity contribution < 1.29 is 9.18 Å². The van der Waals surface area contributed by atoms with Gasteiger partial charge in [-0.15, -0.1) is 0 Å². The third-order valence-corrected chi connectivity index (χ3v) is 5.46. The fraction of sp³-hybridized carbons (Fsp3) is 0.261. The molecule has 3 aromatic rings. The van der Waals surface area contributed by atoms with E-state index in [1.165, 1.54) is 12.1 Å². The van der Waals surface area contributed by atoms with Gasteiger partial charge in [0.05, 0.1) is 0 Å². The van der Waals surface area contributed by atoms with Crippen molar-refractivity contribution >= 4 is 16.7 Å². The number of amides is 1. The van der Waals surface area contributed by atoms with E-state index >= 15 is 0 Å². The molecular weight excluding hydrogens is 339 g/mol. The molecule has 0 radical (unpaired) electrons. The minimum atomic E-state index is -0.246. The lowest BCUT2D eigenvalue weighted by molar-refractivity contribution is 0.0803. The highest BCUT2D eigenvalue weighted by molar-refractivity contribution is 6.02. The van der Waals surface area contributed by atoms with E-state index in [4.69, 9.17) is 0 Å². The van der Waals surface area contributed by atoms with Crippen molar-refractivity contribution in [2.45, 2.75) is 13.0 Å². The van der Waals surface area contributed by atoms with Crippen LogP contribution in [0.25, 0.3) is 21.9 Å². The summed E-state index contributed by atoms with van der Waals surface area (Å²) in [5.74, 6) is 0.236. The van der Waals surface area contributed by atoms with Crippen LogP contribution in [-0.4, -0.2) is 37.0 Å². The van der Waals surface area contributed by atoms with E-state index < -0.39 is 0 Å². The van der Waals surface area contributed by atoms with Gasteiger partial charge in [-0.2, -0.15) is 0 Å². The van der Waals surface area contributed by atoms with Crippen LogP contribution in [0.1, 0.15) is 17.3 Å². The van der Waals surface area contributed by atoms with Gasteiger partial charge >= 0.3 is 0 Å². The van der Waals surface area contributed by atoms with Crippen LogP contribution < -0.4 is 5.32 Å². The first-order valence-corrected chi connectivity index (χ1v) is 9.29. The van der Waals surface area contributed by atoms with Crippen molar-refractivity contribution in [1.82, 2.24) is 10.2 Å². The molecule has 0 unspecified atom stereocenters. The Balaban J connectivity index is 1.59. The maximum Gasteiger partial charge on any atom is 0.251 e. The predicted octanol–water partition coefficient (Wildman–Crippen LogP) is 4.33. The highest BCUT2D eigenvalue weighted by Gasteiger charge is 2.29. The molecule has 4 rings (SSSR count). The number of carbonyl (C=O) groups excluding carboxylic acids is 1. The maximum atomic E-state index is 13.2. The number of rotatable bonds is 4. The zero-order valence-corrected chi connectivity index (χ0v) is 15.6. The lowest BCUT2D eigenvalue weighted by Gasteiger charge is -2.40. The second kappa shape index (κ2) is 7.12.